The lowest BCUT2D eigenvalue weighted by molar-refractivity contribution is 0.585. The summed E-state index contributed by atoms with van der Waals surface area (Å²) in [5.41, 5.74) is 8.60. The van der Waals surface area contributed by atoms with Crippen LogP contribution in [0, 0.1) is 18.6 Å². The van der Waals surface area contributed by atoms with E-state index >= 15 is 0 Å². The highest BCUT2D eigenvalue weighted by molar-refractivity contribution is 5.68. The Labute approximate surface area is 98.9 Å². The maximum Gasteiger partial charge on any atom is 0.133 e. The number of nitrogens with two attached hydrogens (primary N) is 1. The van der Waals surface area contributed by atoms with Gasteiger partial charge in [0.1, 0.15) is 11.6 Å². The minimum absolute atomic E-state index is 0.326. The van der Waals surface area contributed by atoms with E-state index < -0.39 is 11.6 Å². The molecule has 2 rings (SSSR count). The van der Waals surface area contributed by atoms with Crippen LogP contribution in [0.1, 0.15) is 11.1 Å². The second-order valence-electron chi connectivity index (χ2n) is 3.99. The second-order valence-corrected chi connectivity index (χ2v) is 3.99. The van der Waals surface area contributed by atoms with Gasteiger partial charge in [0.25, 0.3) is 0 Å². The van der Waals surface area contributed by atoms with E-state index in [1.54, 1.807) is 0 Å². The van der Waals surface area contributed by atoms with Crippen molar-refractivity contribution >= 4 is 0 Å². The molecule has 0 aliphatic rings. The Morgan fingerprint density at radius 1 is 1.00 bits per heavy atom. The van der Waals surface area contributed by atoms with Crippen LogP contribution in [-0.2, 0) is 6.54 Å². The molecule has 1 nitrogen and oxygen atoms in total. The van der Waals surface area contributed by atoms with Gasteiger partial charge in [0.05, 0.1) is 0 Å². The smallest absolute Gasteiger partial charge is 0.133 e. The zero-order valence-corrected chi connectivity index (χ0v) is 9.50. The molecular formula is C14H13F2N. The van der Waals surface area contributed by atoms with Crippen molar-refractivity contribution in [2.24, 2.45) is 5.73 Å². The molecule has 0 bridgehead atoms. The highest BCUT2D eigenvalue weighted by Gasteiger charge is 2.10. The molecule has 0 atom stereocenters. The Morgan fingerprint density at radius 3 is 2.41 bits per heavy atom. The summed E-state index contributed by atoms with van der Waals surface area (Å²) in [6.45, 7) is 2.25. The van der Waals surface area contributed by atoms with Crippen LogP contribution in [0.2, 0.25) is 0 Å². The molecule has 88 valence electrons. The fraction of sp³-hybridized carbons (Fsp3) is 0.143. The molecule has 0 saturated heterocycles. The lowest BCUT2D eigenvalue weighted by atomic mass is 9.97. The summed E-state index contributed by atoms with van der Waals surface area (Å²) < 4.78 is 26.6. The first-order valence-electron chi connectivity index (χ1n) is 5.37. The highest BCUT2D eigenvalue weighted by atomic mass is 19.1. The summed E-state index contributed by atoms with van der Waals surface area (Å²) in [4.78, 5) is 0. The molecule has 17 heavy (non-hydrogen) atoms. The number of hydrogen-bond donors (Lipinski definition) is 1. The molecule has 0 aromatic heterocycles. The molecule has 0 saturated carbocycles. The van der Waals surface area contributed by atoms with Gasteiger partial charge < -0.3 is 5.73 Å². The summed E-state index contributed by atoms with van der Waals surface area (Å²) in [7, 11) is 0. The van der Waals surface area contributed by atoms with Gasteiger partial charge in [0.15, 0.2) is 0 Å². The highest BCUT2D eigenvalue weighted by Crippen LogP contribution is 2.27. The van der Waals surface area contributed by atoms with Crippen molar-refractivity contribution in [3.8, 4) is 11.1 Å². The molecular weight excluding hydrogens is 220 g/mol. The van der Waals surface area contributed by atoms with Crippen LogP contribution in [0.15, 0.2) is 36.4 Å². The summed E-state index contributed by atoms with van der Waals surface area (Å²) in [5.74, 6) is -1.14. The summed E-state index contributed by atoms with van der Waals surface area (Å²) in [5, 5.41) is 0. The molecule has 2 aromatic carbocycles. The second kappa shape index (κ2) is 4.63. The van der Waals surface area contributed by atoms with E-state index in [-0.39, 0.29) is 0 Å². The van der Waals surface area contributed by atoms with Gasteiger partial charge in [-0.05, 0) is 30.2 Å². The topological polar surface area (TPSA) is 26.0 Å². The summed E-state index contributed by atoms with van der Waals surface area (Å²) in [6, 6.07) is 9.23. The van der Waals surface area contributed by atoms with Crippen molar-refractivity contribution in [3.05, 3.63) is 59.2 Å². The molecule has 3 heteroatoms. The van der Waals surface area contributed by atoms with Gasteiger partial charge in [-0.1, -0.05) is 23.8 Å². The molecule has 0 spiro atoms. The molecule has 2 aromatic rings. The number of halogens is 2. The minimum atomic E-state index is -0.576. The number of rotatable bonds is 2. The van der Waals surface area contributed by atoms with Crippen LogP contribution in [0.3, 0.4) is 0 Å². The zero-order valence-electron chi connectivity index (χ0n) is 9.50. The van der Waals surface area contributed by atoms with Gasteiger partial charge >= 0.3 is 0 Å². The first kappa shape index (κ1) is 11.7. The van der Waals surface area contributed by atoms with E-state index in [0.29, 0.717) is 12.1 Å². The molecule has 0 radical (unpaired) electrons. The van der Waals surface area contributed by atoms with Crippen molar-refractivity contribution < 1.29 is 8.78 Å². The molecule has 0 amide bonds. The largest absolute Gasteiger partial charge is 0.326 e. The third-order valence-corrected chi connectivity index (χ3v) is 2.71. The van der Waals surface area contributed by atoms with Crippen molar-refractivity contribution in [2.45, 2.75) is 13.5 Å². The summed E-state index contributed by atoms with van der Waals surface area (Å²) >= 11 is 0. The lowest BCUT2D eigenvalue weighted by Crippen LogP contribution is -2.00. The maximum absolute atomic E-state index is 13.7. The van der Waals surface area contributed by atoms with E-state index in [2.05, 4.69) is 0 Å². The lowest BCUT2D eigenvalue weighted by Gasteiger charge is -2.10. The number of hydrogen-bond acceptors (Lipinski definition) is 1. The van der Waals surface area contributed by atoms with E-state index in [9.17, 15) is 8.78 Å². The van der Waals surface area contributed by atoms with E-state index in [4.69, 9.17) is 5.73 Å². The van der Waals surface area contributed by atoms with Crippen molar-refractivity contribution in [1.29, 1.82) is 0 Å². The van der Waals surface area contributed by atoms with Crippen LogP contribution in [0.25, 0.3) is 11.1 Å². The molecule has 0 aliphatic carbocycles. The first-order valence-corrected chi connectivity index (χ1v) is 5.37. The van der Waals surface area contributed by atoms with Gasteiger partial charge in [0.2, 0.25) is 0 Å². The predicted molar refractivity (Wildman–Crippen MR) is 64.4 cm³/mol. The van der Waals surface area contributed by atoms with Crippen LogP contribution < -0.4 is 5.73 Å². The van der Waals surface area contributed by atoms with Crippen LogP contribution in [0.5, 0.6) is 0 Å². The Morgan fingerprint density at radius 2 is 1.76 bits per heavy atom. The third-order valence-electron chi connectivity index (χ3n) is 2.71. The predicted octanol–water partition coefficient (Wildman–Crippen LogP) is 3.40. The zero-order chi connectivity index (χ0) is 12.4. The Kier molecular flexibility index (Phi) is 3.20. The maximum atomic E-state index is 13.7. The fourth-order valence-corrected chi connectivity index (χ4v) is 1.83. The molecule has 0 heterocycles. The average molecular weight is 233 g/mol. The van der Waals surface area contributed by atoms with Crippen LogP contribution in [-0.4, -0.2) is 0 Å². The van der Waals surface area contributed by atoms with E-state index in [1.165, 1.54) is 12.1 Å². The van der Waals surface area contributed by atoms with Gasteiger partial charge in [-0.3, -0.25) is 0 Å². The molecule has 0 aliphatic heterocycles. The van der Waals surface area contributed by atoms with Crippen molar-refractivity contribution in [1.82, 2.24) is 0 Å². The Hall–Kier alpha value is -1.74. The fourth-order valence-electron chi connectivity index (χ4n) is 1.83. The normalized spacial score (nSPS) is 10.6. The number of aryl methyl sites for hydroxylation is 1. The minimum Gasteiger partial charge on any atom is -0.326 e. The molecule has 0 unspecified atom stereocenters. The SMILES string of the molecule is Cc1ccc(CN)c(-c2ccc(F)cc2F)c1. The van der Waals surface area contributed by atoms with Gasteiger partial charge in [-0.2, -0.15) is 0 Å². The number of benzene rings is 2. The Balaban J connectivity index is 2.62. The van der Waals surface area contributed by atoms with Crippen molar-refractivity contribution in [2.75, 3.05) is 0 Å². The summed E-state index contributed by atoms with van der Waals surface area (Å²) in [6.07, 6.45) is 0. The third kappa shape index (κ3) is 2.34. The average Bonchev–Trinajstić information content (AvgIpc) is 2.29. The van der Waals surface area contributed by atoms with Crippen molar-refractivity contribution in [3.63, 3.8) is 0 Å². The first-order chi connectivity index (χ1) is 8.11. The van der Waals surface area contributed by atoms with E-state index in [0.717, 1.165) is 22.8 Å². The molecule has 2 N–H and O–H groups in total. The van der Waals surface area contributed by atoms with Crippen LogP contribution in [0.4, 0.5) is 8.78 Å². The van der Waals surface area contributed by atoms with Gasteiger partial charge in [0, 0.05) is 18.2 Å². The molecule has 0 fully saturated rings. The van der Waals surface area contributed by atoms with E-state index in [1.807, 2.05) is 25.1 Å². The monoisotopic (exact) mass is 233 g/mol. The Bertz CT molecular complexity index is 550. The van der Waals surface area contributed by atoms with Gasteiger partial charge in [-0.15, -0.1) is 0 Å². The van der Waals surface area contributed by atoms with Crippen LogP contribution >= 0.6 is 0 Å². The standard InChI is InChI=1S/C14H13F2N/c1-9-2-3-10(8-17)13(6-9)12-5-4-11(15)7-14(12)16/h2-7H,8,17H2,1H3. The quantitative estimate of drug-likeness (QED) is 0.845. The van der Waals surface area contributed by atoms with Gasteiger partial charge in [-0.25, -0.2) is 8.78 Å².